The molecule has 0 bridgehead atoms. The maximum Gasteiger partial charge on any atom is 0.236 e. The van der Waals surface area contributed by atoms with Crippen LogP contribution in [0, 0.1) is 0 Å². The molecule has 0 aliphatic carbocycles. The minimum Gasteiger partial charge on any atom is -0.494 e. The number of benzene rings is 1. The Balaban J connectivity index is 1.70. The summed E-state index contributed by atoms with van der Waals surface area (Å²) in [5, 5.41) is 0. The molecule has 1 aromatic rings. The highest BCUT2D eigenvalue weighted by molar-refractivity contribution is 5.98. The van der Waals surface area contributed by atoms with Crippen LogP contribution in [0.2, 0.25) is 0 Å². The number of hydrogen-bond donors (Lipinski definition) is 0. The molecule has 0 spiro atoms. The SMILES string of the molecule is CCCCCOc1ccc(C(=O)CCC(=O)N2CCN(CC(=O)N(CC)CC)CC2)cc1. The van der Waals surface area contributed by atoms with Crippen LogP contribution in [0.15, 0.2) is 24.3 Å². The van der Waals surface area contributed by atoms with Gasteiger partial charge in [0.1, 0.15) is 5.75 Å². The lowest BCUT2D eigenvalue weighted by atomic mass is 10.1. The van der Waals surface area contributed by atoms with E-state index in [1.54, 1.807) is 17.0 Å². The summed E-state index contributed by atoms with van der Waals surface area (Å²) in [4.78, 5) is 43.0. The van der Waals surface area contributed by atoms with Gasteiger partial charge in [0, 0.05) is 57.7 Å². The van der Waals surface area contributed by atoms with E-state index in [0.29, 0.717) is 44.9 Å². The first-order valence-corrected chi connectivity index (χ1v) is 12.0. The fraction of sp³-hybridized carbons (Fsp3) is 0.640. The molecule has 1 aliphatic heterocycles. The van der Waals surface area contributed by atoms with Gasteiger partial charge in [-0.05, 0) is 44.5 Å². The van der Waals surface area contributed by atoms with Crippen molar-refractivity contribution in [3.05, 3.63) is 29.8 Å². The topological polar surface area (TPSA) is 70.2 Å². The van der Waals surface area contributed by atoms with Gasteiger partial charge < -0.3 is 14.5 Å². The molecule has 32 heavy (non-hydrogen) atoms. The summed E-state index contributed by atoms with van der Waals surface area (Å²) in [6.45, 7) is 11.2. The van der Waals surface area contributed by atoms with E-state index in [4.69, 9.17) is 4.74 Å². The van der Waals surface area contributed by atoms with Crippen molar-refractivity contribution in [2.24, 2.45) is 0 Å². The summed E-state index contributed by atoms with van der Waals surface area (Å²) in [5.74, 6) is 0.882. The first kappa shape index (κ1) is 25.8. The number of amides is 2. The van der Waals surface area contributed by atoms with Crippen molar-refractivity contribution < 1.29 is 19.1 Å². The summed E-state index contributed by atoms with van der Waals surface area (Å²) in [6.07, 6.45) is 3.75. The molecule has 7 nitrogen and oxygen atoms in total. The van der Waals surface area contributed by atoms with Crippen LogP contribution in [0.3, 0.4) is 0 Å². The van der Waals surface area contributed by atoms with Crippen LogP contribution in [-0.4, -0.2) is 84.7 Å². The molecule has 1 saturated heterocycles. The summed E-state index contributed by atoms with van der Waals surface area (Å²) in [6, 6.07) is 7.18. The molecular weight excluding hydrogens is 406 g/mol. The third-order valence-corrected chi connectivity index (χ3v) is 5.96. The fourth-order valence-electron chi connectivity index (χ4n) is 3.83. The van der Waals surface area contributed by atoms with Crippen molar-refractivity contribution in [1.82, 2.24) is 14.7 Å². The van der Waals surface area contributed by atoms with Crippen LogP contribution in [0.5, 0.6) is 5.75 Å². The van der Waals surface area contributed by atoms with Crippen molar-refractivity contribution in [3.8, 4) is 5.75 Å². The molecule has 1 fully saturated rings. The number of carbonyl (C=O) groups excluding carboxylic acids is 3. The Labute approximate surface area is 192 Å². The number of nitrogens with zero attached hydrogens (tertiary/aromatic N) is 3. The zero-order valence-corrected chi connectivity index (χ0v) is 20.0. The van der Waals surface area contributed by atoms with Gasteiger partial charge in [0.15, 0.2) is 5.78 Å². The smallest absolute Gasteiger partial charge is 0.236 e. The van der Waals surface area contributed by atoms with Gasteiger partial charge in [-0.25, -0.2) is 0 Å². The second kappa shape index (κ2) is 13.9. The van der Waals surface area contributed by atoms with Crippen LogP contribution in [0.25, 0.3) is 0 Å². The molecule has 0 saturated carbocycles. The maximum absolute atomic E-state index is 12.5. The molecule has 0 unspecified atom stereocenters. The Morgan fingerprint density at radius 1 is 0.906 bits per heavy atom. The minimum atomic E-state index is -0.0284. The van der Waals surface area contributed by atoms with E-state index < -0.39 is 0 Å². The summed E-state index contributed by atoms with van der Waals surface area (Å²) in [7, 11) is 0. The highest BCUT2D eigenvalue weighted by Crippen LogP contribution is 2.15. The van der Waals surface area contributed by atoms with Gasteiger partial charge in [-0.2, -0.15) is 0 Å². The number of likely N-dealkylation sites (N-methyl/N-ethyl adjacent to an activating group) is 1. The average Bonchev–Trinajstić information content (AvgIpc) is 2.81. The number of carbonyl (C=O) groups is 3. The molecule has 0 atom stereocenters. The lowest BCUT2D eigenvalue weighted by Crippen LogP contribution is -2.51. The van der Waals surface area contributed by atoms with Gasteiger partial charge in [-0.1, -0.05) is 19.8 Å². The predicted molar refractivity (Wildman–Crippen MR) is 126 cm³/mol. The van der Waals surface area contributed by atoms with E-state index >= 15 is 0 Å². The molecule has 0 aromatic heterocycles. The Kier molecular flexibility index (Phi) is 11.2. The highest BCUT2D eigenvalue weighted by atomic mass is 16.5. The van der Waals surface area contributed by atoms with E-state index in [1.165, 1.54) is 0 Å². The standard InChI is InChI=1S/C25H39N3O4/c1-4-7-8-19-32-22-11-9-21(10-12-22)23(29)13-14-24(30)28-17-15-26(16-18-28)20-25(31)27(5-2)6-3/h9-12H,4-8,13-20H2,1-3H3. The minimum absolute atomic E-state index is 0.00365. The molecular formula is C25H39N3O4. The Morgan fingerprint density at radius 2 is 1.56 bits per heavy atom. The number of ether oxygens (including phenoxy) is 1. The molecule has 178 valence electrons. The van der Waals surface area contributed by atoms with Crippen LogP contribution < -0.4 is 4.74 Å². The molecule has 0 radical (unpaired) electrons. The number of piperazine rings is 1. The first-order valence-electron chi connectivity index (χ1n) is 12.0. The molecule has 0 N–H and O–H groups in total. The number of ketones is 1. The lowest BCUT2D eigenvalue weighted by molar-refractivity contribution is -0.135. The Morgan fingerprint density at radius 3 is 2.16 bits per heavy atom. The van der Waals surface area contributed by atoms with E-state index in [9.17, 15) is 14.4 Å². The quantitative estimate of drug-likeness (QED) is 0.344. The average molecular weight is 446 g/mol. The molecule has 1 aliphatic rings. The van der Waals surface area contributed by atoms with Crippen molar-refractivity contribution in [3.63, 3.8) is 0 Å². The van der Waals surface area contributed by atoms with Crippen LogP contribution in [0.1, 0.15) is 63.2 Å². The summed E-state index contributed by atoms with van der Waals surface area (Å²) < 4.78 is 5.68. The number of rotatable bonds is 13. The van der Waals surface area contributed by atoms with Gasteiger partial charge >= 0.3 is 0 Å². The van der Waals surface area contributed by atoms with Crippen LogP contribution >= 0.6 is 0 Å². The van der Waals surface area contributed by atoms with Gasteiger partial charge in [0.2, 0.25) is 11.8 Å². The third-order valence-electron chi connectivity index (χ3n) is 5.96. The number of hydrogen-bond acceptors (Lipinski definition) is 5. The van der Waals surface area contributed by atoms with Gasteiger partial charge in [0.05, 0.1) is 13.2 Å². The molecule has 1 aromatic carbocycles. The predicted octanol–water partition coefficient (Wildman–Crippen LogP) is 3.23. The van der Waals surface area contributed by atoms with Crippen molar-refractivity contribution in [2.45, 2.75) is 52.9 Å². The lowest BCUT2D eigenvalue weighted by Gasteiger charge is -2.35. The number of Topliss-reactive ketones (excluding diaryl/α,β-unsaturated/α-hetero) is 1. The molecule has 2 amide bonds. The Hall–Kier alpha value is -2.41. The molecule has 1 heterocycles. The van der Waals surface area contributed by atoms with Crippen LogP contribution in [0.4, 0.5) is 0 Å². The second-order valence-corrected chi connectivity index (χ2v) is 8.23. The largest absolute Gasteiger partial charge is 0.494 e. The fourth-order valence-corrected chi connectivity index (χ4v) is 3.83. The summed E-state index contributed by atoms with van der Waals surface area (Å²) >= 11 is 0. The maximum atomic E-state index is 12.5. The normalized spacial score (nSPS) is 14.3. The second-order valence-electron chi connectivity index (χ2n) is 8.23. The van der Waals surface area contributed by atoms with E-state index in [1.807, 2.05) is 30.9 Å². The first-order chi connectivity index (χ1) is 15.5. The van der Waals surface area contributed by atoms with Crippen molar-refractivity contribution in [1.29, 1.82) is 0 Å². The van der Waals surface area contributed by atoms with Crippen LogP contribution in [-0.2, 0) is 9.59 Å². The van der Waals surface area contributed by atoms with Crippen molar-refractivity contribution >= 4 is 17.6 Å². The van der Waals surface area contributed by atoms with E-state index in [-0.39, 0.29) is 30.4 Å². The monoisotopic (exact) mass is 445 g/mol. The summed E-state index contributed by atoms with van der Waals surface area (Å²) in [5.41, 5.74) is 0.610. The zero-order valence-electron chi connectivity index (χ0n) is 20.0. The third kappa shape index (κ3) is 8.26. The Bertz CT molecular complexity index is 723. The highest BCUT2D eigenvalue weighted by Gasteiger charge is 2.24. The molecule has 2 rings (SSSR count). The van der Waals surface area contributed by atoms with E-state index in [2.05, 4.69) is 11.8 Å². The molecule has 7 heteroatoms. The zero-order chi connectivity index (χ0) is 23.3. The van der Waals surface area contributed by atoms with Gasteiger partial charge in [-0.15, -0.1) is 0 Å². The van der Waals surface area contributed by atoms with Gasteiger partial charge in [-0.3, -0.25) is 19.3 Å². The number of unbranched alkanes of at least 4 members (excludes halogenated alkanes) is 2. The van der Waals surface area contributed by atoms with Crippen molar-refractivity contribution in [2.75, 3.05) is 52.4 Å². The van der Waals surface area contributed by atoms with Gasteiger partial charge in [0.25, 0.3) is 0 Å². The van der Waals surface area contributed by atoms with E-state index in [0.717, 1.165) is 38.1 Å².